The average Bonchev–Trinajstić information content (AvgIpc) is 2.37. The van der Waals surface area contributed by atoms with Crippen LogP contribution in [-0.2, 0) is 0 Å². The van der Waals surface area contributed by atoms with Gasteiger partial charge in [0.15, 0.2) is 0 Å². The summed E-state index contributed by atoms with van der Waals surface area (Å²) in [6.07, 6.45) is 5.02. The molecule has 0 amide bonds. The first kappa shape index (κ1) is 10.9. The fourth-order valence-corrected chi connectivity index (χ4v) is 2.91. The van der Waals surface area contributed by atoms with Crippen molar-refractivity contribution in [2.45, 2.75) is 33.6 Å². The Hall–Kier alpha value is -0.560. The molecule has 15 heavy (non-hydrogen) atoms. The first-order chi connectivity index (χ1) is 7.09. The summed E-state index contributed by atoms with van der Waals surface area (Å²) >= 11 is 0. The minimum Gasteiger partial charge on any atom is -0.306 e. The molecule has 84 valence electrons. The smallest absolute Gasteiger partial charge is 0.00189 e. The monoisotopic (exact) mass is 205 g/mol. The molecule has 0 aromatic heterocycles. The second kappa shape index (κ2) is 4.13. The van der Waals surface area contributed by atoms with Crippen molar-refractivity contribution in [3.8, 4) is 0 Å². The summed E-state index contributed by atoms with van der Waals surface area (Å²) in [5.41, 5.74) is 5.03. The van der Waals surface area contributed by atoms with Gasteiger partial charge in [0.1, 0.15) is 0 Å². The lowest BCUT2D eigenvalue weighted by atomic mass is 9.89. The van der Waals surface area contributed by atoms with E-state index in [9.17, 15) is 0 Å². The molecule has 1 atom stereocenters. The Morgan fingerprint density at radius 3 is 2.60 bits per heavy atom. The molecule has 0 saturated heterocycles. The van der Waals surface area contributed by atoms with Crippen LogP contribution in [0.15, 0.2) is 22.8 Å². The molecule has 0 saturated carbocycles. The maximum Gasteiger partial charge on any atom is 0.00189 e. The SMILES string of the molecule is CC(C)C1=CC2=C(CCN(C)CC2)C1C. The quantitative estimate of drug-likeness (QED) is 0.635. The average molecular weight is 205 g/mol. The Labute approximate surface area is 93.9 Å². The van der Waals surface area contributed by atoms with E-state index in [-0.39, 0.29) is 0 Å². The second-order valence-corrected chi connectivity index (χ2v) is 5.37. The van der Waals surface area contributed by atoms with Crippen LogP contribution in [0.4, 0.5) is 0 Å². The van der Waals surface area contributed by atoms with Crippen LogP contribution < -0.4 is 0 Å². The highest BCUT2D eigenvalue weighted by molar-refractivity contribution is 5.43. The minimum atomic E-state index is 0.713. The summed E-state index contributed by atoms with van der Waals surface area (Å²) in [6, 6.07) is 0. The predicted octanol–water partition coefficient (Wildman–Crippen LogP) is 3.24. The van der Waals surface area contributed by atoms with Gasteiger partial charge in [-0.1, -0.05) is 38.0 Å². The molecular weight excluding hydrogens is 182 g/mol. The van der Waals surface area contributed by atoms with Crippen molar-refractivity contribution >= 4 is 0 Å². The van der Waals surface area contributed by atoms with Crippen LogP contribution in [0, 0.1) is 11.8 Å². The molecule has 0 spiro atoms. The molecule has 1 aliphatic carbocycles. The zero-order valence-corrected chi connectivity index (χ0v) is 10.5. The molecule has 1 unspecified atom stereocenters. The van der Waals surface area contributed by atoms with Crippen LogP contribution in [-0.4, -0.2) is 25.0 Å². The fourth-order valence-electron chi connectivity index (χ4n) is 2.91. The van der Waals surface area contributed by atoms with E-state index in [1.54, 1.807) is 16.7 Å². The van der Waals surface area contributed by atoms with Gasteiger partial charge in [0.25, 0.3) is 0 Å². The first-order valence-corrected chi connectivity index (χ1v) is 6.21. The van der Waals surface area contributed by atoms with Crippen LogP contribution in [0.2, 0.25) is 0 Å². The van der Waals surface area contributed by atoms with E-state index in [0.717, 1.165) is 0 Å². The molecule has 0 bridgehead atoms. The van der Waals surface area contributed by atoms with Gasteiger partial charge in [-0.3, -0.25) is 0 Å². The lowest BCUT2D eigenvalue weighted by molar-refractivity contribution is 0.349. The number of hydrogen-bond donors (Lipinski definition) is 0. The van der Waals surface area contributed by atoms with Crippen molar-refractivity contribution in [2.75, 3.05) is 20.1 Å². The van der Waals surface area contributed by atoms with Gasteiger partial charge < -0.3 is 4.90 Å². The molecule has 0 radical (unpaired) electrons. The Morgan fingerprint density at radius 1 is 1.27 bits per heavy atom. The van der Waals surface area contributed by atoms with Gasteiger partial charge in [0.05, 0.1) is 0 Å². The number of allylic oxidation sites excluding steroid dienone is 2. The lowest BCUT2D eigenvalue weighted by Gasteiger charge is -2.19. The Balaban J connectivity index is 2.19. The van der Waals surface area contributed by atoms with Gasteiger partial charge in [-0.15, -0.1) is 0 Å². The molecule has 0 N–H and O–H groups in total. The van der Waals surface area contributed by atoms with E-state index in [1.165, 1.54) is 25.9 Å². The van der Waals surface area contributed by atoms with Crippen LogP contribution in [0.5, 0.6) is 0 Å². The van der Waals surface area contributed by atoms with Crippen molar-refractivity contribution in [1.29, 1.82) is 0 Å². The van der Waals surface area contributed by atoms with Gasteiger partial charge in [-0.2, -0.15) is 0 Å². The Kier molecular flexibility index (Phi) is 3.01. The van der Waals surface area contributed by atoms with E-state index in [2.05, 4.69) is 38.8 Å². The molecule has 1 aliphatic heterocycles. The normalized spacial score (nSPS) is 28.1. The minimum absolute atomic E-state index is 0.713. The van der Waals surface area contributed by atoms with Crippen molar-refractivity contribution in [3.05, 3.63) is 22.8 Å². The molecule has 0 aromatic carbocycles. The number of hydrogen-bond acceptors (Lipinski definition) is 1. The van der Waals surface area contributed by atoms with Crippen molar-refractivity contribution in [2.24, 2.45) is 11.8 Å². The molecule has 0 fully saturated rings. The van der Waals surface area contributed by atoms with E-state index in [0.29, 0.717) is 11.8 Å². The van der Waals surface area contributed by atoms with Crippen molar-refractivity contribution in [3.63, 3.8) is 0 Å². The Morgan fingerprint density at radius 2 is 1.93 bits per heavy atom. The molecule has 1 nitrogen and oxygen atoms in total. The molecule has 0 aromatic rings. The van der Waals surface area contributed by atoms with E-state index >= 15 is 0 Å². The van der Waals surface area contributed by atoms with Gasteiger partial charge >= 0.3 is 0 Å². The largest absolute Gasteiger partial charge is 0.306 e. The zero-order valence-electron chi connectivity index (χ0n) is 10.5. The number of rotatable bonds is 1. The van der Waals surface area contributed by atoms with Crippen LogP contribution in [0.1, 0.15) is 33.6 Å². The fraction of sp³-hybridized carbons (Fsp3) is 0.714. The van der Waals surface area contributed by atoms with Crippen LogP contribution >= 0.6 is 0 Å². The van der Waals surface area contributed by atoms with E-state index in [1.807, 2.05) is 0 Å². The summed E-state index contributed by atoms with van der Waals surface area (Å²) < 4.78 is 0. The maximum absolute atomic E-state index is 2.49. The second-order valence-electron chi connectivity index (χ2n) is 5.37. The highest BCUT2D eigenvalue weighted by atomic mass is 15.1. The number of nitrogens with zero attached hydrogens (tertiary/aromatic N) is 1. The summed E-state index contributed by atoms with van der Waals surface area (Å²) in [4.78, 5) is 2.45. The summed E-state index contributed by atoms with van der Waals surface area (Å²) in [5, 5.41) is 0. The van der Waals surface area contributed by atoms with Crippen molar-refractivity contribution in [1.82, 2.24) is 4.90 Å². The molecule has 1 heteroatoms. The summed E-state index contributed by atoms with van der Waals surface area (Å²) in [6.45, 7) is 9.50. The molecule has 1 heterocycles. The predicted molar refractivity (Wildman–Crippen MR) is 65.8 cm³/mol. The third-order valence-electron chi connectivity index (χ3n) is 3.97. The summed E-state index contributed by atoms with van der Waals surface area (Å²) in [5.74, 6) is 1.43. The molecule has 2 rings (SSSR count). The topological polar surface area (TPSA) is 3.24 Å². The van der Waals surface area contributed by atoms with Crippen LogP contribution in [0.25, 0.3) is 0 Å². The standard InChI is InChI=1S/C14H23N/c1-10(2)14-9-12-5-7-15(4)8-6-13(12)11(14)3/h9-11H,5-8H2,1-4H3. The van der Waals surface area contributed by atoms with E-state index in [4.69, 9.17) is 0 Å². The molecular formula is C14H23N. The van der Waals surface area contributed by atoms with Gasteiger partial charge in [0, 0.05) is 13.1 Å². The molecule has 2 aliphatic rings. The van der Waals surface area contributed by atoms with Gasteiger partial charge in [0.2, 0.25) is 0 Å². The lowest BCUT2D eigenvalue weighted by Crippen LogP contribution is -2.20. The maximum atomic E-state index is 2.49. The Bertz CT molecular complexity index is 309. The van der Waals surface area contributed by atoms with Gasteiger partial charge in [-0.05, 0) is 37.3 Å². The highest BCUT2D eigenvalue weighted by Gasteiger charge is 2.26. The zero-order chi connectivity index (χ0) is 11.0. The van der Waals surface area contributed by atoms with Crippen molar-refractivity contribution < 1.29 is 0 Å². The van der Waals surface area contributed by atoms with Gasteiger partial charge in [-0.25, -0.2) is 0 Å². The van der Waals surface area contributed by atoms with Crippen LogP contribution in [0.3, 0.4) is 0 Å². The van der Waals surface area contributed by atoms with E-state index < -0.39 is 0 Å². The third kappa shape index (κ3) is 2.03. The first-order valence-electron chi connectivity index (χ1n) is 6.21. The third-order valence-corrected chi connectivity index (χ3v) is 3.97. The summed E-state index contributed by atoms with van der Waals surface area (Å²) in [7, 11) is 2.24. The highest BCUT2D eigenvalue weighted by Crippen LogP contribution is 2.39.